The number of hydrogen-bond donors (Lipinski definition) is 0. The molecule has 2 heterocycles. The van der Waals surface area contributed by atoms with Crippen molar-refractivity contribution in [3.8, 4) is 0 Å². The van der Waals surface area contributed by atoms with Crippen molar-refractivity contribution in [2.75, 3.05) is 0 Å². The molecule has 0 aliphatic carbocycles. The average molecular weight is 214 g/mol. The van der Waals surface area contributed by atoms with E-state index in [4.69, 9.17) is 0 Å². The molecule has 2 rings (SSSR count). The van der Waals surface area contributed by atoms with Crippen molar-refractivity contribution in [1.29, 1.82) is 0 Å². The molecule has 0 radical (unpaired) electrons. The van der Waals surface area contributed by atoms with Gasteiger partial charge in [-0.1, -0.05) is 0 Å². The summed E-state index contributed by atoms with van der Waals surface area (Å²) in [6, 6.07) is 0. The number of sulfone groups is 1. The first kappa shape index (κ1) is 9.39. The summed E-state index contributed by atoms with van der Waals surface area (Å²) >= 11 is 0. The minimum Gasteiger partial charge on any atom is -0.296 e. The molecule has 1 aromatic rings. The normalized spacial score (nSPS) is 18.1. The molecule has 0 saturated heterocycles. The molecule has 6 heteroatoms. The lowest BCUT2D eigenvalue weighted by atomic mass is 10.2. The third-order valence-corrected chi connectivity index (χ3v) is 3.75. The number of hydrogen-bond acceptors (Lipinski definition) is 4. The second kappa shape index (κ2) is 2.91. The molecule has 14 heavy (non-hydrogen) atoms. The van der Waals surface area contributed by atoms with E-state index in [0.29, 0.717) is 29.8 Å². The summed E-state index contributed by atoms with van der Waals surface area (Å²) in [7, 11) is -3.05. The molecule has 0 amide bonds. The fraction of sp³-hybridized carbons (Fsp3) is 0.500. The van der Waals surface area contributed by atoms with Crippen molar-refractivity contribution in [2.24, 2.45) is 0 Å². The molecule has 0 bridgehead atoms. The summed E-state index contributed by atoms with van der Waals surface area (Å²) in [5.41, 5.74) is 1.53. The molecular formula is C8H10N2O3S. The van der Waals surface area contributed by atoms with E-state index >= 15 is 0 Å². The lowest BCUT2D eigenvalue weighted by Crippen LogP contribution is -2.07. The lowest BCUT2D eigenvalue weighted by Gasteiger charge is -1.99. The zero-order valence-corrected chi connectivity index (χ0v) is 8.54. The van der Waals surface area contributed by atoms with Gasteiger partial charge in [-0.3, -0.25) is 9.48 Å². The monoisotopic (exact) mass is 214 g/mol. The van der Waals surface area contributed by atoms with Crippen molar-refractivity contribution < 1.29 is 13.2 Å². The van der Waals surface area contributed by atoms with Gasteiger partial charge in [0.25, 0.3) is 0 Å². The van der Waals surface area contributed by atoms with Crippen LogP contribution >= 0.6 is 0 Å². The van der Waals surface area contributed by atoms with Gasteiger partial charge in [0.1, 0.15) is 5.69 Å². The average Bonchev–Trinajstić information content (AvgIpc) is 2.55. The first-order valence-corrected chi connectivity index (χ1v) is 6.13. The van der Waals surface area contributed by atoms with Crippen LogP contribution in [0.3, 0.4) is 0 Å². The topological polar surface area (TPSA) is 69.0 Å². The first-order valence-electron chi connectivity index (χ1n) is 4.31. The Morgan fingerprint density at radius 2 is 2.21 bits per heavy atom. The van der Waals surface area contributed by atoms with Crippen LogP contribution < -0.4 is 0 Å². The maximum absolute atomic E-state index is 11.3. The number of aldehydes is 1. The smallest absolute Gasteiger partial charge is 0.168 e. The summed E-state index contributed by atoms with van der Waals surface area (Å²) in [5.74, 6) is -0.0768. The highest BCUT2D eigenvalue weighted by atomic mass is 32.2. The van der Waals surface area contributed by atoms with Gasteiger partial charge in [-0.05, 0) is 6.92 Å². The summed E-state index contributed by atoms with van der Waals surface area (Å²) in [6.07, 6.45) is 0.677. The van der Waals surface area contributed by atoms with E-state index in [0.717, 1.165) is 0 Å². The zero-order chi connectivity index (χ0) is 10.3. The number of carbonyl (C=O) groups is 1. The Morgan fingerprint density at radius 3 is 2.79 bits per heavy atom. The molecule has 0 N–H and O–H groups in total. The molecule has 0 unspecified atom stereocenters. The van der Waals surface area contributed by atoms with E-state index in [9.17, 15) is 13.2 Å². The summed E-state index contributed by atoms with van der Waals surface area (Å²) in [4.78, 5) is 10.8. The zero-order valence-electron chi connectivity index (χ0n) is 7.73. The quantitative estimate of drug-likeness (QED) is 0.657. The number of aryl methyl sites for hydroxylation is 1. The van der Waals surface area contributed by atoms with Gasteiger partial charge in [0.15, 0.2) is 16.1 Å². The van der Waals surface area contributed by atoms with Crippen molar-refractivity contribution in [2.45, 2.75) is 25.0 Å². The number of carbonyl (C=O) groups excluding carboxylic acids is 1. The third kappa shape index (κ3) is 1.26. The highest BCUT2D eigenvalue weighted by Crippen LogP contribution is 2.26. The van der Waals surface area contributed by atoms with E-state index in [1.807, 2.05) is 6.92 Å². The fourth-order valence-electron chi connectivity index (χ4n) is 1.69. The molecule has 1 aliphatic heterocycles. The van der Waals surface area contributed by atoms with Gasteiger partial charge in [-0.15, -0.1) is 0 Å². The van der Waals surface area contributed by atoms with Gasteiger partial charge in [-0.2, -0.15) is 5.10 Å². The second-order valence-electron chi connectivity index (χ2n) is 3.28. The van der Waals surface area contributed by atoms with Crippen molar-refractivity contribution in [1.82, 2.24) is 9.78 Å². The largest absolute Gasteiger partial charge is 0.296 e. The second-order valence-corrected chi connectivity index (χ2v) is 5.34. The Hall–Kier alpha value is -1.17. The summed E-state index contributed by atoms with van der Waals surface area (Å²) < 4.78 is 24.1. The maximum atomic E-state index is 11.3. The highest BCUT2D eigenvalue weighted by molar-refractivity contribution is 7.90. The lowest BCUT2D eigenvalue weighted by molar-refractivity contribution is 0.111. The molecule has 5 nitrogen and oxygen atoms in total. The van der Waals surface area contributed by atoms with Crippen LogP contribution in [-0.4, -0.2) is 24.5 Å². The molecule has 1 aromatic heterocycles. The van der Waals surface area contributed by atoms with Gasteiger partial charge in [-0.25, -0.2) is 8.42 Å². The number of fused-ring (bicyclic) bond motifs is 1. The molecule has 0 aromatic carbocycles. The Balaban J connectivity index is 2.58. The Bertz CT molecular complexity index is 487. The molecule has 1 aliphatic rings. The standard InChI is InChI=1S/C8H10N2O3S/c1-2-10-8(3-11)6-4-14(12,13)5-7(6)9-10/h3H,2,4-5H2,1H3. The van der Waals surface area contributed by atoms with Crippen molar-refractivity contribution in [3.05, 3.63) is 17.0 Å². The first-order chi connectivity index (χ1) is 6.57. The van der Waals surface area contributed by atoms with Crippen molar-refractivity contribution in [3.63, 3.8) is 0 Å². The molecule has 0 saturated carbocycles. The van der Waals surface area contributed by atoms with Gasteiger partial charge >= 0.3 is 0 Å². The Morgan fingerprint density at radius 1 is 1.50 bits per heavy atom. The molecule has 0 fully saturated rings. The van der Waals surface area contributed by atoms with E-state index in [2.05, 4.69) is 5.10 Å². The minimum absolute atomic E-state index is 0.0316. The van der Waals surface area contributed by atoms with Crippen LogP contribution in [-0.2, 0) is 27.9 Å². The SMILES string of the molecule is CCn1nc2c(c1C=O)CS(=O)(=O)C2. The summed E-state index contributed by atoms with van der Waals surface area (Å²) in [6.45, 7) is 2.45. The predicted octanol–water partition coefficient (Wildman–Crippen LogP) is 0.144. The minimum atomic E-state index is -3.05. The maximum Gasteiger partial charge on any atom is 0.168 e. The van der Waals surface area contributed by atoms with E-state index in [1.54, 1.807) is 4.68 Å². The number of nitrogens with zero attached hydrogens (tertiary/aromatic N) is 2. The highest BCUT2D eigenvalue weighted by Gasteiger charge is 2.31. The molecule has 76 valence electrons. The number of aromatic nitrogens is 2. The van der Waals surface area contributed by atoms with E-state index in [1.165, 1.54) is 0 Å². The van der Waals surface area contributed by atoms with E-state index < -0.39 is 9.84 Å². The molecule has 0 atom stereocenters. The van der Waals surface area contributed by atoms with Gasteiger partial charge in [0, 0.05) is 12.1 Å². The molecular weight excluding hydrogens is 204 g/mol. The predicted molar refractivity (Wildman–Crippen MR) is 49.6 cm³/mol. The van der Waals surface area contributed by atoms with Crippen LogP contribution in [0.4, 0.5) is 0 Å². The Kier molecular flexibility index (Phi) is 1.95. The molecule has 0 spiro atoms. The Labute approximate surface area is 81.6 Å². The van der Waals surface area contributed by atoms with Crippen LogP contribution in [0, 0.1) is 0 Å². The van der Waals surface area contributed by atoms with Gasteiger partial charge in [0.05, 0.1) is 17.2 Å². The van der Waals surface area contributed by atoms with E-state index in [-0.39, 0.29) is 11.5 Å². The van der Waals surface area contributed by atoms with Crippen molar-refractivity contribution >= 4 is 16.1 Å². The third-order valence-electron chi connectivity index (χ3n) is 2.31. The van der Waals surface area contributed by atoms with Crippen LogP contribution in [0.1, 0.15) is 28.7 Å². The van der Waals surface area contributed by atoms with Gasteiger partial charge in [0.2, 0.25) is 0 Å². The summed E-state index contributed by atoms with van der Waals surface area (Å²) in [5, 5.41) is 4.08. The van der Waals surface area contributed by atoms with Crippen LogP contribution in [0.5, 0.6) is 0 Å². The fourth-order valence-corrected chi connectivity index (χ4v) is 3.19. The van der Waals surface area contributed by atoms with Crippen LogP contribution in [0.15, 0.2) is 0 Å². The number of rotatable bonds is 2. The van der Waals surface area contributed by atoms with Crippen LogP contribution in [0.25, 0.3) is 0 Å². The van der Waals surface area contributed by atoms with Gasteiger partial charge < -0.3 is 0 Å². The van der Waals surface area contributed by atoms with Crippen LogP contribution in [0.2, 0.25) is 0 Å².